The SMILES string of the molecule is CN1CC[C@@H](CNC(=O)NCc2cc3n(n2)CCN(C(=O)C2CCC2)C3)C1. The van der Waals surface area contributed by atoms with Gasteiger partial charge in [0.1, 0.15) is 0 Å². The molecular formula is C19H30N6O2. The molecule has 0 radical (unpaired) electrons. The van der Waals surface area contributed by atoms with Gasteiger partial charge in [-0.25, -0.2) is 4.79 Å². The van der Waals surface area contributed by atoms with Crippen molar-refractivity contribution >= 4 is 11.9 Å². The molecule has 2 N–H and O–H groups in total. The fourth-order valence-electron chi connectivity index (χ4n) is 4.18. The fourth-order valence-corrected chi connectivity index (χ4v) is 4.18. The number of amides is 3. The molecule has 8 nitrogen and oxygen atoms in total. The van der Waals surface area contributed by atoms with E-state index >= 15 is 0 Å². The summed E-state index contributed by atoms with van der Waals surface area (Å²) in [6.45, 7) is 5.37. The van der Waals surface area contributed by atoms with Crippen LogP contribution in [0.3, 0.4) is 0 Å². The third-order valence-electron chi connectivity index (χ3n) is 6.08. The van der Waals surface area contributed by atoms with Gasteiger partial charge < -0.3 is 20.4 Å². The van der Waals surface area contributed by atoms with Gasteiger partial charge in [-0.2, -0.15) is 5.10 Å². The number of carbonyl (C=O) groups is 2. The Bertz CT molecular complexity index is 698. The zero-order chi connectivity index (χ0) is 18.8. The highest BCUT2D eigenvalue weighted by molar-refractivity contribution is 5.79. The lowest BCUT2D eigenvalue weighted by atomic mass is 9.84. The van der Waals surface area contributed by atoms with E-state index in [4.69, 9.17) is 0 Å². The number of nitrogens with one attached hydrogen (secondary N) is 2. The second kappa shape index (κ2) is 7.88. The first-order valence-corrected chi connectivity index (χ1v) is 10.1. The summed E-state index contributed by atoms with van der Waals surface area (Å²) >= 11 is 0. The van der Waals surface area contributed by atoms with Crippen molar-refractivity contribution in [2.75, 3.05) is 33.2 Å². The fraction of sp³-hybridized carbons (Fsp3) is 0.737. The molecule has 0 unspecified atom stereocenters. The van der Waals surface area contributed by atoms with Crippen molar-refractivity contribution in [2.45, 2.75) is 45.3 Å². The second-order valence-electron chi connectivity index (χ2n) is 8.22. The van der Waals surface area contributed by atoms with Crippen molar-refractivity contribution in [3.8, 4) is 0 Å². The molecular weight excluding hydrogens is 344 g/mol. The highest BCUT2D eigenvalue weighted by atomic mass is 16.2. The van der Waals surface area contributed by atoms with Crippen molar-refractivity contribution in [2.24, 2.45) is 11.8 Å². The molecule has 0 bridgehead atoms. The molecule has 4 rings (SSSR count). The molecule has 1 aromatic rings. The number of fused-ring (bicyclic) bond motifs is 1. The molecule has 3 heterocycles. The second-order valence-corrected chi connectivity index (χ2v) is 8.22. The Morgan fingerprint density at radius 3 is 2.74 bits per heavy atom. The summed E-state index contributed by atoms with van der Waals surface area (Å²) in [5.41, 5.74) is 1.90. The monoisotopic (exact) mass is 374 g/mol. The topological polar surface area (TPSA) is 82.5 Å². The quantitative estimate of drug-likeness (QED) is 0.798. The van der Waals surface area contributed by atoms with Gasteiger partial charge in [-0.15, -0.1) is 0 Å². The molecule has 1 atom stereocenters. The van der Waals surface area contributed by atoms with Crippen LogP contribution < -0.4 is 10.6 Å². The normalized spacial score (nSPS) is 23.0. The number of hydrogen-bond acceptors (Lipinski definition) is 4. The smallest absolute Gasteiger partial charge is 0.315 e. The van der Waals surface area contributed by atoms with Gasteiger partial charge in [-0.3, -0.25) is 9.48 Å². The first kappa shape index (κ1) is 18.3. The van der Waals surface area contributed by atoms with Crippen LogP contribution >= 0.6 is 0 Å². The Morgan fingerprint density at radius 1 is 1.19 bits per heavy atom. The van der Waals surface area contributed by atoms with Gasteiger partial charge in [0.25, 0.3) is 0 Å². The van der Waals surface area contributed by atoms with Gasteiger partial charge in [-0.1, -0.05) is 6.42 Å². The number of aromatic nitrogens is 2. The van der Waals surface area contributed by atoms with Crippen LogP contribution in [0, 0.1) is 11.8 Å². The van der Waals surface area contributed by atoms with Crippen LogP contribution in [0.1, 0.15) is 37.1 Å². The van der Waals surface area contributed by atoms with Crippen LogP contribution in [0.5, 0.6) is 0 Å². The number of nitrogens with zero attached hydrogens (tertiary/aromatic N) is 4. The number of hydrogen-bond donors (Lipinski definition) is 2. The van der Waals surface area contributed by atoms with Crippen LogP contribution in [0.25, 0.3) is 0 Å². The Balaban J connectivity index is 1.23. The van der Waals surface area contributed by atoms with Crippen molar-refractivity contribution in [3.63, 3.8) is 0 Å². The van der Waals surface area contributed by atoms with E-state index in [1.54, 1.807) is 0 Å². The summed E-state index contributed by atoms with van der Waals surface area (Å²) < 4.78 is 1.97. The summed E-state index contributed by atoms with van der Waals surface area (Å²) in [6.07, 6.45) is 4.39. The third kappa shape index (κ3) is 4.26. The van der Waals surface area contributed by atoms with Crippen LogP contribution in [0.15, 0.2) is 6.07 Å². The Kier molecular flexibility index (Phi) is 5.33. The van der Waals surface area contributed by atoms with Crippen molar-refractivity contribution in [3.05, 3.63) is 17.5 Å². The Labute approximate surface area is 160 Å². The molecule has 0 aromatic carbocycles. The Hall–Kier alpha value is -2.09. The molecule has 148 valence electrons. The standard InChI is InChI=1S/C19H30N6O2/c1-23-6-5-14(12-23)10-20-19(27)21-11-16-9-17-13-24(7-8-25(17)22-16)18(26)15-3-2-4-15/h9,14-15H,2-8,10-13H2,1H3,(H2,20,21,27)/t14-/m0/s1. The van der Waals surface area contributed by atoms with E-state index in [0.717, 1.165) is 56.8 Å². The van der Waals surface area contributed by atoms with E-state index < -0.39 is 0 Å². The minimum absolute atomic E-state index is 0.141. The van der Waals surface area contributed by atoms with E-state index in [0.29, 0.717) is 31.5 Å². The summed E-state index contributed by atoms with van der Waals surface area (Å²) in [5.74, 6) is 1.08. The van der Waals surface area contributed by atoms with Crippen molar-refractivity contribution in [1.82, 2.24) is 30.2 Å². The van der Waals surface area contributed by atoms with Crippen LogP contribution in [0.4, 0.5) is 4.79 Å². The molecule has 2 fully saturated rings. The average molecular weight is 374 g/mol. The highest BCUT2D eigenvalue weighted by Gasteiger charge is 2.31. The average Bonchev–Trinajstić information content (AvgIpc) is 3.21. The number of rotatable bonds is 5. The van der Waals surface area contributed by atoms with E-state index in [9.17, 15) is 9.59 Å². The number of carbonyl (C=O) groups excluding carboxylic acids is 2. The van der Waals surface area contributed by atoms with Gasteiger partial charge >= 0.3 is 6.03 Å². The number of urea groups is 1. The minimum Gasteiger partial charge on any atom is -0.338 e. The Morgan fingerprint density at radius 2 is 2.04 bits per heavy atom. The van der Waals surface area contributed by atoms with E-state index in [-0.39, 0.29) is 11.9 Å². The van der Waals surface area contributed by atoms with Gasteiger partial charge in [-0.05, 0) is 44.8 Å². The molecule has 3 aliphatic rings. The predicted octanol–water partition coefficient (Wildman–Crippen LogP) is 0.776. The van der Waals surface area contributed by atoms with Crippen LogP contribution in [-0.4, -0.2) is 64.7 Å². The summed E-state index contributed by atoms with van der Waals surface area (Å²) in [5, 5.41) is 10.4. The lowest BCUT2D eigenvalue weighted by Crippen LogP contribution is -2.43. The molecule has 27 heavy (non-hydrogen) atoms. The molecule has 1 aromatic heterocycles. The largest absolute Gasteiger partial charge is 0.338 e. The van der Waals surface area contributed by atoms with Crippen LogP contribution in [0.2, 0.25) is 0 Å². The van der Waals surface area contributed by atoms with E-state index in [2.05, 4.69) is 27.7 Å². The number of likely N-dealkylation sites (tertiary alicyclic amines) is 1. The lowest BCUT2D eigenvalue weighted by molar-refractivity contribution is -0.139. The van der Waals surface area contributed by atoms with E-state index in [1.807, 2.05) is 15.6 Å². The zero-order valence-electron chi connectivity index (χ0n) is 16.1. The maximum Gasteiger partial charge on any atom is 0.315 e. The van der Waals surface area contributed by atoms with Crippen molar-refractivity contribution < 1.29 is 9.59 Å². The van der Waals surface area contributed by atoms with E-state index in [1.165, 1.54) is 6.42 Å². The van der Waals surface area contributed by atoms with Crippen LogP contribution in [-0.2, 0) is 24.4 Å². The minimum atomic E-state index is -0.141. The molecule has 1 saturated heterocycles. The lowest BCUT2D eigenvalue weighted by Gasteiger charge is -2.34. The van der Waals surface area contributed by atoms with Gasteiger partial charge in [0.2, 0.25) is 5.91 Å². The zero-order valence-corrected chi connectivity index (χ0v) is 16.1. The van der Waals surface area contributed by atoms with Gasteiger partial charge in [0, 0.05) is 25.6 Å². The maximum absolute atomic E-state index is 12.4. The summed E-state index contributed by atoms with van der Waals surface area (Å²) in [7, 11) is 2.11. The molecule has 0 spiro atoms. The van der Waals surface area contributed by atoms with Gasteiger partial charge in [0.15, 0.2) is 0 Å². The molecule has 8 heteroatoms. The first-order valence-electron chi connectivity index (χ1n) is 10.1. The maximum atomic E-state index is 12.4. The molecule has 2 aliphatic heterocycles. The predicted molar refractivity (Wildman–Crippen MR) is 101 cm³/mol. The first-order chi connectivity index (χ1) is 13.1. The van der Waals surface area contributed by atoms with Gasteiger partial charge in [0.05, 0.1) is 31.0 Å². The summed E-state index contributed by atoms with van der Waals surface area (Å²) in [4.78, 5) is 28.7. The molecule has 3 amide bonds. The van der Waals surface area contributed by atoms with Crippen molar-refractivity contribution in [1.29, 1.82) is 0 Å². The third-order valence-corrected chi connectivity index (χ3v) is 6.08. The summed E-state index contributed by atoms with van der Waals surface area (Å²) in [6, 6.07) is 1.86. The highest BCUT2D eigenvalue weighted by Crippen LogP contribution is 2.29. The molecule has 1 aliphatic carbocycles. The molecule has 1 saturated carbocycles.